The zero-order valence-corrected chi connectivity index (χ0v) is 12.3. The van der Waals surface area contributed by atoms with Gasteiger partial charge in [0.25, 0.3) is 0 Å². The van der Waals surface area contributed by atoms with E-state index in [1.54, 1.807) is 11.3 Å². The largest absolute Gasteiger partial charge is 0.152 e. The van der Waals surface area contributed by atoms with Crippen LogP contribution in [0.5, 0.6) is 0 Å². The Balaban J connectivity index is 2.41. The van der Waals surface area contributed by atoms with E-state index in [2.05, 4.69) is 43.3 Å². The van der Waals surface area contributed by atoms with Gasteiger partial charge in [-0.2, -0.15) is 11.3 Å². The van der Waals surface area contributed by atoms with Crippen LogP contribution in [0.2, 0.25) is 0 Å². The molecule has 4 heteroatoms. The molecule has 0 aliphatic heterocycles. The first-order valence-electron chi connectivity index (χ1n) is 4.29. The lowest BCUT2D eigenvalue weighted by Gasteiger charge is -2.10. The summed E-state index contributed by atoms with van der Waals surface area (Å²) >= 11 is 15.0. The zero-order valence-electron chi connectivity index (χ0n) is 7.58. The van der Waals surface area contributed by atoms with Crippen molar-refractivity contribution in [1.82, 2.24) is 0 Å². The molecular weight excluding hydrogens is 359 g/mol. The van der Waals surface area contributed by atoms with Crippen LogP contribution in [0.4, 0.5) is 0 Å². The van der Waals surface area contributed by atoms with Crippen molar-refractivity contribution in [3.8, 4) is 0 Å². The maximum atomic E-state index is 6.41. The molecule has 0 nitrogen and oxygen atoms in total. The zero-order chi connectivity index (χ0) is 10.8. The highest BCUT2D eigenvalue weighted by Gasteiger charge is 2.14. The normalized spacial score (nSPS) is 12.7. The molecule has 2 rings (SSSR count). The number of hydrogen-bond donors (Lipinski definition) is 0. The number of thiophene rings is 1. The van der Waals surface area contributed by atoms with Gasteiger partial charge >= 0.3 is 0 Å². The lowest BCUT2D eigenvalue weighted by molar-refractivity contribution is 1.14. The summed E-state index contributed by atoms with van der Waals surface area (Å²) in [6, 6.07) is 8.08. The van der Waals surface area contributed by atoms with Gasteiger partial charge in [0.05, 0.1) is 5.38 Å². The highest BCUT2D eigenvalue weighted by Crippen LogP contribution is 2.36. The second kappa shape index (κ2) is 5.00. The van der Waals surface area contributed by atoms with E-state index in [1.807, 2.05) is 23.6 Å². The predicted octanol–water partition coefficient (Wildman–Crippen LogP) is 5.60. The summed E-state index contributed by atoms with van der Waals surface area (Å²) in [5.74, 6) is 0. The number of hydrogen-bond acceptors (Lipinski definition) is 1. The first kappa shape index (κ1) is 11.6. The summed E-state index contributed by atoms with van der Waals surface area (Å²) in [4.78, 5) is 0. The summed E-state index contributed by atoms with van der Waals surface area (Å²) in [7, 11) is 0. The Hall–Kier alpha value is 0.170. The minimum absolute atomic E-state index is 0.0943. The molecule has 1 unspecified atom stereocenters. The van der Waals surface area contributed by atoms with E-state index in [-0.39, 0.29) is 5.38 Å². The van der Waals surface area contributed by atoms with E-state index < -0.39 is 0 Å². The van der Waals surface area contributed by atoms with E-state index in [9.17, 15) is 0 Å². The molecule has 0 fully saturated rings. The Morgan fingerprint density at radius 2 is 2.00 bits per heavy atom. The van der Waals surface area contributed by atoms with Gasteiger partial charge in [-0.25, -0.2) is 0 Å². The Morgan fingerprint density at radius 3 is 2.67 bits per heavy atom. The summed E-state index contributed by atoms with van der Waals surface area (Å²) in [6.07, 6.45) is 0. The summed E-state index contributed by atoms with van der Waals surface area (Å²) in [5, 5.41) is 4.02. The monoisotopic (exact) mass is 364 g/mol. The van der Waals surface area contributed by atoms with Crippen molar-refractivity contribution in [3.63, 3.8) is 0 Å². The van der Waals surface area contributed by atoms with Gasteiger partial charge < -0.3 is 0 Å². The number of alkyl halides is 1. The van der Waals surface area contributed by atoms with Crippen LogP contribution in [0.25, 0.3) is 0 Å². The maximum Gasteiger partial charge on any atom is 0.0854 e. The fourth-order valence-electron chi connectivity index (χ4n) is 1.31. The molecule has 0 bridgehead atoms. The molecule has 2 aromatic rings. The average molecular weight is 367 g/mol. The smallest absolute Gasteiger partial charge is 0.0854 e. The molecule has 0 spiro atoms. The van der Waals surface area contributed by atoms with Crippen molar-refractivity contribution in [3.05, 3.63) is 55.1 Å². The summed E-state index contributed by atoms with van der Waals surface area (Å²) in [5.41, 5.74) is 2.23. The summed E-state index contributed by atoms with van der Waals surface area (Å²) < 4.78 is 2.08. The third-order valence-electron chi connectivity index (χ3n) is 2.07. The standard InChI is InChI=1S/C11H7Br2ClS/c12-8-1-2-10(13)9(5-8)11(14)7-3-4-15-6-7/h1-6,11H. The van der Waals surface area contributed by atoms with Crippen LogP contribution in [0.15, 0.2) is 44.0 Å². The van der Waals surface area contributed by atoms with Crippen molar-refractivity contribution in [2.75, 3.05) is 0 Å². The van der Waals surface area contributed by atoms with Crippen molar-refractivity contribution < 1.29 is 0 Å². The quantitative estimate of drug-likeness (QED) is 0.607. The SMILES string of the molecule is ClC(c1ccsc1)c1cc(Br)ccc1Br. The third kappa shape index (κ3) is 2.64. The van der Waals surface area contributed by atoms with Crippen LogP contribution < -0.4 is 0 Å². The molecule has 1 aromatic heterocycles. The second-order valence-corrected chi connectivity index (χ2v) is 6.07. The van der Waals surface area contributed by atoms with Crippen molar-refractivity contribution in [1.29, 1.82) is 0 Å². The number of halogens is 3. The minimum atomic E-state index is -0.0943. The first-order valence-corrected chi connectivity index (χ1v) is 7.26. The molecule has 0 aliphatic carbocycles. The molecule has 0 saturated heterocycles. The first-order chi connectivity index (χ1) is 7.18. The Morgan fingerprint density at radius 1 is 1.20 bits per heavy atom. The Bertz CT molecular complexity index is 454. The maximum absolute atomic E-state index is 6.41. The molecule has 1 atom stereocenters. The molecule has 0 radical (unpaired) electrons. The van der Waals surface area contributed by atoms with Gasteiger partial charge in [-0.15, -0.1) is 11.6 Å². The number of rotatable bonds is 2. The van der Waals surface area contributed by atoms with Gasteiger partial charge in [0.2, 0.25) is 0 Å². The van der Waals surface area contributed by atoms with Gasteiger partial charge in [-0.3, -0.25) is 0 Å². The van der Waals surface area contributed by atoms with Crippen molar-refractivity contribution >= 4 is 54.8 Å². The van der Waals surface area contributed by atoms with E-state index in [0.717, 1.165) is 20.1 Å². The van der Waals surface area contributed by atoms with E-state index in [0.29, 0.717) is 0 Å². The van der Waals surface area contributed by atoms with Gasteiger partial charge in [0.1, 0.15) is 0 Å². The Labute approximate surface area is 115 Å². The highest BCUT2D eigenvalue weighted by atomic mass is 79.9. The lowest BCUT2D eigenvalue weighted by Crippen LogP contribution is -1.92. The predicted molar refractivity (Wildman–Crippen MR) is 73.9 cm³/mol. The molecule has 0 saturated carbocycles. The van der Waals surface area contributed by atoms with E-state index in [4.69, 9.17) is 11.6 Å². The minimum Gasteiger partial charge on any atom is -0.152 e. The fraction of sp³-hybridized carbons (Fsp3) is 0.0909. The van der Waals surface area contributed by atoms with Gasteiger partial charge in [-0.1, -0.05) is 31.9 Å². The molecule has 0 aliphatic rings. The van der Waals surface area contributed by atoms with Gasteiger partial charge in [0.15, 0.2) is 0 Å². The van der Waals surface area contributed by atoms with E-state index >= 15 is 0 Å². The van der Waals surface area contributed by atoms with Crippen LogP contribution >= 0.6 is 54.8 Å². The van der Waals surface area contributed by atoms with Crippen LogP contribution in [-0.4, -0.2) is 0 Å². The molecule has 1 aromatic carbocycles. The molecule has 0 N–H and O–H groups in total. The third-order valence-corrected chi connectivity index (χ3v) is 4.47. The summed E-state index contributed by atoms with van der Waals surface area (Å²) in [6.45, 7) is 0. The highest BCUT2D eigenvalue weighted by molar-refractivity contribution is 9.11. The molecular formula is C11H7Br2ClS. The fourth-order valence-corrected chi connectivity index (χ4v) is 3.37. The number of benzene rings is 1. The molecule has 0 amide bonds. The molecule has 15 heavy (non-hydrogen) atoms. The molecule has 78 valence electrons. The Kier molecular flexibility index (Phi) is 3.88. The van der Waals surface area contributed by atoms with E-state index in [1.165, 1.54) is 0 Å². The van der Waals surface area contributed by atoms with Crippen molar-refractivity contribution in [2.45, 2.75) is 5.38 Å². The van der Waals surface area contributed by atoms with Crippen LogP contribution in [0, 0.1) is 0 Å². The van der Waals surface area contributed by atoms with Gasteiger partial charge in [0, 0.05) is 8.95 Å². The van der Waals surface area contributed by atoms with Crippen molar-refractivity contribution in [2.24, 2.45) is 0 Å². The van der Waals surface area contributed by atoms with Crippen LogP contribution in [-0.2, 0) is 0 Å². The second-order valence-electron chi connectivity index (χ2n) is 3.09. The van der Waals surface area contributed by atoms with Crippen LogP contribution in [0.3, 0.4) is 0 Å². The molecule has 1 heterocycles. The average Bonchev–Trinajstić information content (AvgIpc) is 2.74. The van der Waals surface area contributed by atoms with Crippen LogP contribution in [0.1, 0.15) is 16.5 Å². The lowest BCUT2D eigenvalue weighted by atomic mass is 10.1. The topological polar surface area (TPSA) is 0 Å². The van der Waals surface area contributed by atoms with Gasteiger partial charge in [-0.05, 0) is 46.2 Å².